The minimum Gasteiger partial charge on any atom is -0.508 e. The van der Waals surface area contributed by atoms with Gasteiger partial charge in [0.2, 0.25) is 5.90 Å². The Hall–Kier alpha value is -3.73. The predicted molar refractivity (Wildman–Crippen MR) is 121 cm³/mol. The maximum Gasteiger partial charge on any atom is 0.222 e. The summed E-state index contributed by atoms with van der Waals surface area (Å²) in [5.41, 5.74) is 2.67. The molecule has 3 aromatic rings. The SMILES string of the molecule is C=C(C)C(=Nc1ccc(OC)cc1)Oc1cccc(OC)c1.Cc1ccc(O)cc1. The molecule has 3 aromatic carbocycles. The van der Waals surface area contributed by atoms with Gasteiger partial charge in [-0.3, -0.25) is 0 Å². The third kappa shape index (κ3) is 7.36. The van der Waals surface area contributed by atoms with Gasteiger partial charge in [-0.15, -0.1) is 0 Å². The second-order valence-corrected chi connectivity index (χ2v) is 6.51. The number of phenols is 1. The molecular formula is C25H27NO4. The van der Waals surface area contributed by atoms with E-state index in [4.69, 9.17) is 19.3 Å². The van der Waals surface area contributed by atoms with Gasteiger partial charge in [-0.1, -0.05) is 30.3 Å². The first kappa shape index (κ1) is 22.6. The fourth-order valence-corrected chi connectivity index (χ4v) is 2.30. The van der Waals surface area contributed by atoms with E-state index < -0.39 is 0 Å². The summed E-state index contributed by atoms with van der Waals surface area (Å²) in [5, 5.41) is 8.76. The fourth-order valence-electron chi connectivity index (χ4n) is 2.30. The van der Waals surface area contributed by atoms with E-state index in [0.29, 0.717) is 17.4 Å². The average Bonchev–Trinajstić information content (AvgIpc) is 2.76. The van der Waals surface area contributed by atoms with Gasteiger partial charge in [0, 0.05) is 11.6 Å². The number of phenolic OH excluding ortho intramolecular Hbond substituents is 1. The van der Waals surface area contributed by atoms with Crippen molar-refractivity contribution in [2.45, 2.75) is 13.8 Å². The normalized spacial score (nSPS) is 10.5. The van der Waals surface area contributed by atoms with Crippen LogP contribution < -0.4 is 14.2 Å². The van der Waals surface area contributed by atoms with Crippen LogP contribution in [0.4, 0.5) is 5.69 Å². The van der Waals surface area contributed by atoms with Crippen LogP contribution in [0.5, 0.6) is 23.0 Å². The first-order chi connectivity index (χ1) is 14.4. The standard InChI is InChI=1S/C18H19NO3.C7H8O/c1-13(2)18(19-14-8-10-15(20-3)11-9-14)22-17-7-5-6-16(12-17)21-4;1-6-2-4-7(8)5-3-6/h5-12H,1H2,2-4H3;2-5,8H,1H3. The lowest BCUT2D eigenvalue weighted by Gasteiger charge is -2.10. The van der Waals surface area contributed by atoms with E-state index in [2.05, 4.69) is 11.6 Å². The topological polar surface area (TPSA) is 60.3 Å². The van der Waals surface area contributed by atoms with Crippen molar-refractivity contribution in [3.63, 3.8) is 0 Å². The third-order valence-corrected chi connectivity index (χ3v) is 3.96. The summed E-state index contributed by atoms with van der Waals surface area (Å²) < 4.78 is 16.1. The Labute approximate surface area is 177 Å². The summed E-state index contributed by atoms with van der Waals surface area (Å²) in [5.74, 6) is 2.94. The summed E-state index contributed by atoms with van der Waals surface area (Å²) in [4.78, 5) is 4.48. The maximum atomic E-state index is 8.76. The molecule has 0 saturated carbocycles. The second-order valence-electron chi connectivity index (χ2n) is 6.51. The summed E-state index contributed by atoms with van der Waals surface area (Å²) in [6.45, 7) is 7.75. The molecule has 0 saturated heterocycles. The number of methoxy groups -OCH3 is 2. The molecule has 3 rings (SSSR count). The third-order valence-electron chi connectivity index (χ3n) is 3.96. The van der Waals surface area contributed by atoms with Gasteiger partial charge in [0.05, 0.1) is 19.9 Å². The first-order valence-electron chi connectivity index (χ1n) is 9.37. The summed E-state index contributed by atoms with van der Waals surface area (Å²) in [6, 6.07) is 21.9. The van der Waals surface area contributed by atoms with E-state index in [0.717, 1.165) is 22.8 Å². The minimum absolute atomic E-state index is 0.329. The summed E-state index contributed by atoms with van der Waals surface area (Å²) >= 11 is 0. The largest absolute Gasteiger partial charge is 0.508 e. The van der Waals surface area contributed by atoms with Crippen molar-refractivity contribution in [1.29, 1.82) is 0 Å². The molecule has 0 aliphatic rings. The van der Waals surface area contributed by atoms with Crippen LogP contribution in [0.2, 0.25) is 0 Å². The van der Waals surface area contributed by atoms with E-state index in [1.54, 1.807) is 32.4 Å². The van der Waals surface area contributed by atoms with Gasteiger partial charge in [0.15, 0.2) is 0 Å². The van der Waals surface area contributed by atoms with Gasteiger partial charge in [0.25, 0.3) is 0 Å². The molecule has 0 aliphatic heterocycles. The van der Waals surface area contributed by atoms with E-state index in [1.165, 1.54) is 5.56 Å². The Morgan fingerprint density at radius 3 is 1.97 bits per heavy atom. The molecule has 0 amide bonds. The molecule has 0 aromatic heterocycles. The Bertz CT molecular complexity index is 956. The molecule has 5 heteroatoms. The molecule has 0 atom stereocenters. The molecule has 0 radical (unpaired) electrons. The number of hydrogen-bond acceptors (Lipinski definition) is 5. The van der Waals surface area contributed by atoms with Crippen molar-refractivity contribution < 1.29 is 19.3 Å². The fraction of sp³-hybridized carbons (Fsp3) is 0.160. The monoisotopic (exact) mass is 405 g/mol. The Morgan fingerprint density at radius 2 is 1.43 bits per heavy atom. The maximum absolute atomic E-state index is 8.76. The van der Waals surface area contributed by atoms with Crippen molar-refractivity contribution in [2.75, 3.05) is 14.2 Å². The lowest BCUT2D eigenvalue weighted by Crippen LogP contribution is -2.09. The van der Waals surface area contributed by atoms with Gasteiger partial charge < -0.3 is 19.3 Å². The summed E-state index contributed by atoms with van der Waals surface area (Å²) in [7, 11) is 3.24. The van der Waals surface area contributed by atoms with Crippen LogP contribution in [-0.2, 0) is 0 Å². The van der Waals surface area contributed by atoms with Crippen molar-refractivity contribution in [1.82, 2.24) is 0 Å². The highest BCUT2D eigenvalue weighted by Crippen LogP contribution is 2.22. The van der Waals surface area contributed by atoms with Gasteiger partial charge in [-0.2, -0.15) is 0 Å². The van der Waals surface area contributed by atoms with Gasteiger partial charge in [0.1, 0.15) is 23.0 Å². The summed E-state index contributed by atoms with van der Waals surface area (Å²) in [6.07, 6.45) is 0. The van der Waals surface area contributed by atoms with Crippen LogP contribution >= 0.6 is 0 Å². The number of aryl methyl sites for hydroxylation is 1. The average molecular weight is 405 g/mol. The van der Waals surface area contributed by atoms with Crippen molar-refractivity contribution in [3.05, 3.63) is 90.5 Å². The number of hydrogen-bond donors (Lipinski definition) is 1. The van der Waals surface area contributed by atoms with Gasteiger partial charge in [-0.25, -0.2) is 4.99 Å². The molecule has 0 bridgehead atoms. The Kier molecular flexibility index (Phi) is 8.51. The lowest BCUT2D eigenvalue weighted by atomic mass is 10.2. The molecular weight excluding hydrogens is 378 g/mol. The van der Waals surface area contributed by atoms with E-state index >= 15 is 0 Å². The van der Waals surface area contributed by atoms with Crippen LogP contribution in [-0.4, -0.2) is 25.2 Å². The molecule has 1 N–H and O–H groups in total. The van der Waals surface area contributed by atoms with Crippen LogP contribution in [0.15, 0.2) is 89.9 Å². The number of benzene rings is 3. The highest BCUT2D eigenvalue weighted by molar-refractivity contribution is 5.95. The number of aromatic hydroxyl groups is 1. The Morgan fingerprint density at radius 1 is 0.833 bits per heavy atom. The lowest BCUT2D eigenvalue weighted by molar-refractivity contribution is 0.412. The zero-order valence-electron chi connectivity index (χ0n) is 17.8. The van der Waals surface area contributed by atoms with Gasteiger partial charge >= 0.3 is 0 Å². The zero-order valence-corrected chi connectivity index (χ0v) is 17.8. The smallest absolute Gasteiger partial charge is 0.222 e. The van der Waals surface area contributed by atoms with E-state index in [1.807, 2.05) is 68.4 Å². The zero-order chi connectivity index (χ0) is 21.9. The highest BCUT2D eigenvalue weighted by atomic mass is 16.5. The van der Waals surface area contributed by atoms with Crippen molar-refractivity contribution in [3.8, 4) is 23.0 Å². The number of ether oxygens (including phenoxy) is 3. The predicted octanol–water partition coefficient (Wildman–Crippen LogP) is 6.09. The van der Waals surface area contributed by atoms with Crippen LogP contribution in [0, 0.1) is 6.92 Å². The van der Waals surface area contributed by atoms with E-state index in [-0.39, 0.29) is 0 Å². The second kappa shape index (κ2) is 11.3. The minimum atomic E-state index is 0.329. The molecule has 5 nitrogen and oxygen atoms in total. The molecule has 0 aliphatic carbocycles. The Balaban J connectivity index is 0.000000335. The molecule has 156 valence electrons. The quantitative estimate of drug-likeness (QED) is 0.412. The first-order valence-corrected chi connectivity index (χ1v) is 9.37. The van der Waals surface area contributed by atoms with Crippen LogP contribution in [0.25, 0.3) is 0 Å². The molecule has 30 heavy (non-hydrogen) atoms. The van der Waals surface area contributed by atoms with Crippen LogP contribution in [0.3, 0.4) is 0 Å². The molecule has 0 spiro atoms. The molecule has 0 unspecified atom stereocenters. The van der Waals surface area contributed by atoms with Crippen molar-refractivity contribution >= 4 is 11.6 Å². The molecule has 0 fully saturated rings. The van der Waals surface area contributed by atoms with Gasteiger partial charge in [-0.05, 0) is 62.4 Å². The molecule has 0 heterocycles. The van der Waals surface area contributed by atoms with Crippen molar-refractivity contribution in [2.24, 2.45) is 4.99 Å². The highest BCUT2D eigenvalue weighted by Gasteiger charge is 2.06. The number of aliphatic imine (C=N–C) groups is 1. The van der Waals surface area contributed by atoms with E-state index in [9.17, 15) is 0 Å². The van der Waals surface area contributed by atoms with Crippen LogP contribution in [0.1, 0.15) is 12.5 Å². The number of rotatable bonds is 5. The number of nitrogens with zero attached hydrogens (tertiary/aromatic N) is 1.